The Balaban J connectivity index is 1.52. The minimum Gasteiger partial charge on any atom is -0.492 e. The van der Waals surface area contributed by atoms with Crippen molar-refractivity contribution < 1.29 is 13.9 Å². The van der Waals surface area contributed by atoms with Crippen LogP contribution in [0.15, 0.2) is 83.8 Å². The third-order valence-corrected chi connectivity index (χ3v) is 4.98. The maximum Gasteiger partial charge on any atom is 0.252 e. The van der Waals surface area contributed by atoms with E-state index in [1.165, 1.54) is 12.1 Å². The number of amides is 1. The van der Waals surface area contributed by atoms with Gasteiger partial charge < -0.3 is 10.1 Å². The first kappa shape index (κ1) is 19.0. The minimum absolute atomic E-state index is 0.131. The van der Waals surface area contributed by atoms with Crippen LogP contribution < -0.4 is 10.1 Å². The van der Waals surface area contributed by atoms with Gasteiger partial charge in [-0.25, -0.2) is 4.39 Å². The highest BCUT2D eigenvalue weighted by atomic mass is 32.2. The maximum atomic E-state index is 13.0. The lowest BCUT2D eigenvalue weighted by molar-refractivity contribution is 0.0944. The van der Waals surface area contributed by atoms with Crippen molar-refractivity contribution in [2.45, 2.75) is 10.6 Å². The van der Waals surface area contributed by atoms with Crippen LogP contribution in [0.2, 0.25) is 0 Å². The molecule has 3 aromatic rings. The van der Waals surface area contributed by atoms with E-state index in [1.807, 2.05) is 48.5 Å². The van der Waals surface area contributed by atoms with Gasteiger partial charge in [0.15, 0.2) is 0 Å². The van der Waals surface area contributed by atoms with Crippen molar-refractivity contribution in [3.63, 3.8) is 0 Å². The molecule has 0 bridgehead atoms. The first-order chi connectivity index (χ1) is 13.2. The molecule has 0 aliphatic rings. The number of hydrogen-bond acceptors (Lipinski definition) is 3. The molecule has 138 valence electrons. The van der Waals surface area contributed by atoms with Crippen LogP contribution in [0, 0.1) is 5.82 Å². The van der Waals surface area contributed by atoms with E-state index in [9.17, 15) is 9.18 Å². The lowest BCUT2D eigenvalue weighted by Gasteiger charge is -2.11. The van der Waals surface area contributed by atoms with E-state index in [1.54, 1.807) is 30.0 Å². The molecule has 1 N–H and O–H groups in total. The van der Waals surface area contributed by atoms with Crippen LogP contribution in [0.25, 0.3) is 0 Å². The Morgan fingerprint density at radius 3 is 2.41 bits per heavy atom. The average molecular weight is 381 g/mol. The molecule has 0 aromatic heterocycles. The molecule has 3 nitrogen and oxygen atoms in total. The maximum absolute atomic E-state index is 13.0. The second-order valence-electron chi connectivity index (χ2n) is 5.83. The summed E-state index contributed by atoms with van der Waals surface area (Å²) in [4.78, 5) is 13.4. The fourth-order valence-electron chi connectivity index (χ4n) is 2.47. The fourth-order valence-corrected chi connectivity index (χ4v) is 3.47. The SMILES string of the molecule is O=C(NCCOc1ccccc1)c1ccccc1SCc1ccc(F)cc1. The van der Waals surface area contributed by atoms with Gasteiger partial charge in [0.2, 0.25) is 0 Å². The fraction of sp³-hybridized carbons (Fsp3) is 0.136. The number of para-hydroxylation sites is 1. The van der Waals surface area contributed by atoms with Gasteiger partial charge in [-0.15, -0.1) is 11.8 Å². The summed E-state index contributed by atoms with van der Waals surface area (Å²) in [6, 6.07) is 23.4. The predicted octanol–water partition coefficient (Wildman–Crippen LogP) is 4.93. The van der Waals surface area contributed by atoms with Crippen molar-refractivity contribution >= 4 is 17.7 Å². The van der Waals surface area contributed by atoms with Gasteiger partial charge in [-0.2, -0.15) is 0 Å². The number of thioether (sulfide) groups is 1. The van der Waals surface area contributed by atoms with Gasteiger partial charge in [0.1, 0.15) is 18.2 Å². The van der Waals surface area contributed by atoms with Crippen molar-refractivity contribution in [2.75, 3.05) is 13.2 Å². The highest BCUT2D eigenvalue weighted by Gasteiger charge is 2.11. The third kappa shape index (κ3) is 5.86. The minimum atomic E-state index is -0.249. The van der Waals surface area contributed by atoms with E-state index in [0.29, 0.717) is 24.5 Å². The van der Waals surface area contributed by atoms with Gasteiger partial charge in [-0.05, 0) is 42.0 Å². The molecule has 0 saturated carbocycles. The molecule has 0 radical (unpaired) electrons. The molecule has 0 aliphatic carbocycles. The van der Waals surface area contributed by atoms with E-state index in [2.05, 4.69) is 5.32 Å². The molecule has 0 spiro atoms. The van der Waals surface area contributed by atoms with Crippen LogP contribution in [0.1, 0.15) is 15.9 Å². The predicted molar refractivity (Wildman–Crippen MR) is 107 cm³/mol. The topological polar surface area (TPSA) is 38.3 Å². The zero-order chi connectivity index (χ0) is 18.9. The van der Waals surface area contributed by atoms with Crippen LogP contribution in [0.5, 0.6) is 5.75 Å². The number of hydrogen-bond donors (Lipinski definition) is 1. The van der Waals surface area contributed by atoms with Gasteiger partial charge in [0.05, 0.1) is 12.1 Å². The van der Waals surface area contributed by atoms with Crippen LogP contribution in [0.3, 0.4) is 0 Å². The molecule has 0 heterocycles. The quantitative estimate of drug-likeness (QED) is 0.444. The summed E-state index contributed by atoms with van der Waals surface area (Å²) in [5.41, 5.74) is 1.64. The number of carbonyl (C=O) groups excluding carboxylic acids is 1. The first-order valence-electron chi connectivity index (χ1n) is 8.65. The molecule has 0 aliphatic heterocycles. The number of benzene rings is 3. The van der Waals surface area contributed by atoms with Crippen LogP contribution >= 0.6 is 11.8 Å². The molecule has 0 fully saturated rings. The second-order valence-corrected chi connectivity index (χ2v) is 6.85. The summed E-state index contributed by atoms with van der Waals surface area (Å²) in [5, 5.41) is 2.89. The van der Waals surface area contributed by atoms with Crippen molar-refractivity contribution in [1.82, 2.24) is 5.32 Å². The summed E-state index contributed by atoms with van der Waals surface area (Å²) >= 11 is 1.56. The summed E-state index contributed by atoms with van der Waals surface area (Å²) in [6.07, 6.45) is 0. The average Bonchev–Trinajstić information content (AvgIpc) is 2.71. The second kappa shape index (κ2) is 9.78. The summed E-state index contributed by atoms with van der Waals surface area (Å²) < 4.78 is 18.6. The van der Waals surface area contributed by atoms with E-state index in [0.717, 1.165) is 16.2 Å². The van der Waals surface area contributed by atoms with E-state index < -0.39 is 0 Å². The van der Waals surface area contributed by atoms with Crippen LogP contribution in [0.4, 0.5) is 4.39 Å². The standard InChI is InChI=1S/C22H20FNO2S/c23-18-12-10-17(11-13-18)16-27-21-9-5-4-8-20(21)22(25)24-14-15-26-19-6-2-1-3-7-19/h1-13H,14-16H2,(H,24,25). The van der Waals surface area contributed by atoms with E-state index >= 15 is 0 Å². The Labute approximate surface area is 162 Å². The number of rotatable bonds is 8. The zero-order valence-corrected chi connectivity index (χ0v) is 15.5. The Morgan fingerprint density at radius 2 is 1.63 bits per heavy atom. The van der Waals surface area contributed by atoms with Crippen LogP contribution in [-0.2, 0) is 5.75 Å². The van der Waals surface area contributed by atoms with Crippen molar-refractivity contribution in [1.29, 1.82) is 0 Å². The monoisotopic (exact) mass is 381 g/mol. The Bertz CT molecular complexity index is 869. The Hall–Kier alpha value is -2.79. The molecule has 1 amide bonds. The molecular weight excluding hydrogens is 361 g/mol. The summed E-state index contributed by atoms with van der Waals surface area (Å²) in [5.74, 6) is 1.07. The first-order valence-corrected chi connectivity index (χ1v) is 9.63. The van der Waals surface area contributed by atoms with Crippen LogP contribution in [-0.4, -0.2) is 19.1 Å². The number of halogens is 1. The Morgan fingerprint density at radius 1 is 0.926 bits per heavy atom. The largest absolute Gasteiger partial charge is 0.492 e. The third-order valence-electron chi connectivity index (χ3n) is 3.84. The van der Waals surface area contributed by atoms with Crippen molar-refractivity contribution in [3.8, 4) is 5.75 Å². The highest BCUT2D eigenvalue weighted by Crippen LogP contribution is 2.26. The van der Waals surface area contributed by atoms with Gasteiger partial charge in [-0.3, -0.25) is 4.79 Å². The zero-order valence-electron chi connectivity index (χ0n) is 14.7. The van der Waals surface area contributed by atoms with Gasteiger partial charge in [0, 0.05) is 10.6 Å². The molecule has 0 saturated heterocycles. The summed E-state index contributed by atoms with van der Waals surface area (Å²) in [6.45, 7) is 0.825. The van der Waals surface area contributed by atoms with E-state index in [4.69, 9.17) is 4.74 Å². The van der Waals surface area contributed by atoms with Gasteiger partial charge in [0.25, 0.3) is 5.91 Å². The Kier molecular flexibility index (Phi) is 6.88. The van der Waals surface area contributed by atoms with Crippen molar-refractivity contribution in [2.24, 2.45) is 0 Å². The lowest BCUT2D eigenvalue weighted by atomic mass is 10.2. The van der Waals surface area contributed by atoms with Gasteiger partial charge >= 0.3 is 0 Å². The normalized spacial score (nSPS) is 10.4. The molecule has 3 aromatic carbocycles. The molecule has 0 unspecified atom stereocenters. The smallest absolute Gasteiger partial charge is 0.252 e. The molecule has 27 heavy (non-hydrogen) atoms. The molecular formula is C22H20FNO2S. The molecule has 0 atom stereocenters. The molecule has 3 rings (SSSR count). The lowest BCUT2D eigenvalue weighted by Crippen LogP contribution is -2.28. The van der Waals surface area contributed by atoms with Crippen molar-refractivity contribution in [3.05, 3.63) is 95.8 Å². The van der Waals surface area contributed by atoms with Gasteiger partial charge in [-0.1, -0.05) is 42.5 Å². The van der Waals surface area contributed by atoms with E-state index in [-0.39, 0.29) is 11.7 Å². The molecule has 5 heteroatoms. The highest BCUT2D eigenvalue weighted by molar-refractivity contribution is 7.98. The number of ether oxygens (including phenoxy) is 1. The number of carbonyl (C=O) groups is 1. The number of nitrogens with one attached hydrogen (secondary N) is 1. The summed E-state index contributed by atoms with van der Waals surface area (Å²) in [7, 11) is 0.